The number of esters is 1. The fraction of sp³-hybridized carbons (Fsp3) is 0.500. The van der Waals surface area contributed by atoms with E-state index in [4.69, 9.17) is 4.74 Å². The third-order valence-electron chi connectivity index (χ3n) is 2.23. The van der Waals surface area contributed by atoms with Crippen molar-refractivity contribution in [3.63, 3.8) is 0 Å². The molecule has 0 saturated carbocycles. The number of carbonyl (C=O) groups excluding carboxylic acids is 1. The van der Waals surface area contributed by atoms with Gasteiger partial charge in [0.1, 0.15) is 11.9 Å². The van der Waals surface area contributed by atoms with Crippen molar-refractivity contribution in [1.82, 2.24) is 9.97 Å². The molecular weight excluding hydrogens is 204 g/mol. The number of nitrogens with zero attached hydrogens (tertiary/aromatic N) is 1. The average Bonchev–Trinajstić information content (AvgIpc) is 2.65. The van der Waals surface area contributed by atoms with Gasteiger partial charge in [-0.3, -0.25) is 0 Å². The molecule has 0 aliphatic rings. The zero-order valence-electron chi connectivity index (χ0n) is 10.2. The van der Waals surface area contributed by atoms with E-state index in [9.17, 15) is 4.79 Å². The van der Waals surface area contributed by atoms with Crippen molar-refractivity contribution >= 4 is 5.97 Å². The van der Waals surface area contributed by atoms with E-state index in [2.05, 4.69) is 16.5 Å². The Morgan fingerprint density at radius 3 is 2.56 bits per heavy atom. The lowest BCUT2D eigenvalue weighted by Gasteiger charge is -2.11. The normalized spacial score (nSPS) is 12.6. The fourth-order valence-corrected chi connectivity index (χ4v) is 1.18. The first kappa shape index (κ1) is 12.5. The number of hydrogen-bond donors (Lipinski definition) is 1. The van der Waals surface area contributed by atoms with Crippen LogP contribution in [0.3, 0.4) is 0 Å². The van der Waals surface area contributed by atoms with Crippen LogP contribution in [-0.4, -0.2) is 15.9 Å². The second-order valence-electron chi connectivity index (χ2n) is 4.21. The van der Waals surface area contributed by atoms with E-state index >= 15 is 0 Å². The molecule has 0 aliphatic heterocycles. The smallest absolute Gasteiger partial charge is 0.333 e. The molecule has 1 aromatic heterocycles. The molecule has 1 atom stereocenters. The standard InChI is InChI=1S/C12H18N2O2/c1-7(2)11-13-6-10(14-11)9(5)16-12(15)8(3)4/h6-7,9H,3H2,1-2,4-5H3,(H,13,14). The van der Waals surface area contributed by atoms with Crippen LogP contribution in [-0.2, 0) is 9.53 Å². The monoisotopic (exact) mass is 222 g/mol. The van der Waals surface area contributed by atoms with Crippen LogP contribution in [0, 0.1) is 0 Å². The number of ether oxygens (including phenoxy) is 1. The maximum absolute atomic E-state index is 11.3. The highest BCUT2D eigenvalue weighted by molar-refractivity contribution is 5.87. The second-order valence-corrected chi connectivity index (χ2v) is 4.21. The van der Waals surface area contributed by atoms with Crippen LogP contribution < -0.4 is 0 Å². The molecule has 1 N–H and O–H groups in total. The summed E-state index contributed by atoms with van der Waals surface area (Å²) in [4.78, 5) is 18.7. The van der Waals surface area contributed by atoms with Crippen molar-refractivity contribution in [2.24, 2.45) is 0 Å². The van der Waals surface area contributed by atoms with Gasteiger partial charge in [0.05, 0.1) is 11.9 Å². The first-order valence-electron chi connectivity index (χ1n) is 5.33. The van der Waals surface area contributed by atoms with Crippen LogP contribution in [0.1, 0.15) is 51.2 Å². The number of nitrogens with one attached hydrogen (secondary N) is 1. The third-order valence-corrected chi connectivity index (χ3v) is 2.23. The van der Waals surface area contributed by atoms with E-state index in [0.29, 0.717) is 11.5 Å². The highest BCUT2D eigenvalue weighted by Gasteiger charge is 2.15. The molecular formula is C12H18N2O2. The quantitative estimate of drug-likeness (QED) is 0.629. The minimum atomic E-state index is -0.381. The van der Waals surface area contributed by atoms with Crippen LogP contribution in [0.15, 0.2) is 18.3 Å². The molecule has 88 valence electrons. The maximum Gasteiger partial charge on any atom is 0.333 e. The van der Waals surface area contributed by atoms with Gasteiger partial charge in [0.2, 0.25) is 0 Å². The Labute approximate surface area is 95.7 Å². The van der Waals surface area contributed by atoms with Crippen molar-refractivity contribution in [3.05, 3.63) is 29.9 Å². The summed E-state index contributed by atoms with van der Waals surface area (Å²) >= 11 is 0. The summed E-state index contributed by atoms with van der Waals surface area (Å²) in [6.45, 7) is 11.1. The van der Waals surface area contributed by atoms with Gasteiger partial charge in [-0.05, 0) is 13.8 Å². The first-order valence-corrected chi connectivity index (χ1v) is 5.33. The zero-order valence-corrected chi connectivity index (χ0v) is 10.2. The summed E-state index contributed by atoms with van der Waals surface area (Å²) in [5, 5.41) is 0. The van der Waals surface area contributed by atoms with Crippen LogP contribution in [0.2, 0.25) is 0 Å². The fourth-order valence-electron chi connectivity index (χ4n) is 1.18. The van der Waals surface area contributed by atoms with Crippen molar-refractivity contribution < 1.29 is 9.53 Å². The minimum Gasteiger partial charge on any atom is -0.453 e. The molecule has 0 spiro atoms. The first-order chi connectivity index (χ1) is 7.41. The lowest BCUT2D eigenvalue weighted by molar-refractivity contribution is -0.143. The van der Waals surface area contributed by atoms with E-state index in [1.165, 1.54) is 0 Å². The van der Waals surface area contributed by atoms with Crippen LogP contribution in [0.25, 0.3) is 0 Å². The maximum atomic E-state index is 11.3. The van der Waals surface area contributed by atoms with E-state index in [0.717, 1.165) is 11.5 Å². The lowest BCUT2D eigenvalue weighted by atomic mass is 10.2. The molecule has 0 aliphatic carbocycles. The molecule has 1 rings (SSSR count). The number of hydrogen-bond acceptors (Lipinski definition) is 3. The molecule has 1 unspecified atom stereocenters. The number of H-pyrrole nitrogens is 1. The predicted molar refractivity (Wildman–Crippen MR) is 62.0 cm³/mol. The minimum absolute atomic E-state index is 0.329. The Balaban J connectivity index is 2.69. The lowest BCUT2D eigenvalue weighted by Crippen LogP contribution is -2.09. The SMILES string of the molecule is C=C(C)C(=O)OC(C)c1cnc(C(C)C)[nH]1. The van der Waals surface area contributed by atoms with Gasteiger partial charge < -0.3 is 9.72 Å². The molecule has 1 aromatic rings. The summed E-state index contributed by atoms with van der Waals surface area (Å²) in [6.07, 6.45) is 1.37. The summed E-state index contributed by atoms with van der Waals surface area (Å²) in [5.74, 6) is 0.846. The highest BCUT2D eigenvalue weighted by atomic mass is 16.5. The van der Waals surface area contributed by atoms with E-state index in [-0.39, 0.29) is 12.1 Å². The molecule has 0 amide bonds. The van der Waals surface area contributed by atoms with Crippen molar-refractivity contribution in [2.75, 3.05) is 0 Å². The molecule has 4 nitrogen and oxygen atoms in total. The van der Waals surface area contributed by atoms with E-state index in [1.807, 2.05) is 13.8 Å². The summed E-state index contributed by atoms with van der Waals surface area (Å²) < 4.78 is 5.18. The number of rotatable bonds is 4. The highest BCUT2D eigenvalue weighted by Crippen LogP contribution is 2.18. The van der Waals surface area contributed by atoms with Crippen molar-refractivity contribution in [3.8, 4) is 0 Å². The average molecular weight is 222 g/mol. The van der Waals surface area contributed by atoms with Gasteiger partial charge in [-0.2, -0.15) is 0 Å². The third kappa shape index (κ3) is 2.95. The molecule has 16 heavy (non-hydrogen) atoms. The molecule has 0 fully saturated rings. The van der Waals surface area contributed by atoms with Gasteiger partial charge in [-0.25, -0.2) is 9.78 Å². The van der Waals surface area contributed by atoms with Crippen LogP contribution in [0.5, 0.6) is 0 Å². The summed E-state index contributed by atoms with van der Waals surface area (Å²) in [6, 6.07) is 0. The Hall–Kier alpha value is -1.58. The topological polar surface area (TPSA) is 55.0 Å². The molecule has 0 saturated heterocycles. The Bertz CT molecular complexity index is 393. The second kappa shape index (κ2) is 4.96. The Morgan fingerprint density at radius 2 is 2.12 bits per heavy atom. The predicted octanol–water partition coefficient (Wildman–Crippen LogP) is 2.71. The molecule has 1 heterocycles. The Morgan fingerprint density at radius 1 is 1.50 bits per heavy atom. The van der Waals surface area contributed by atoms with Gasteiger partial charge >= 0.3 is 5.97 Å². The molecule has 4 heteroatoms. The number of imidazole rings is 1. The summed E-state index contributed by atoms with van der Waals surface area (Å²) in [7, 11) is 0. The number of aromatic amines is 1. The molecule has 0 aromatic carbocycles. The number of carbonyl (C=O) groups is 1. The van der Waals surface area contributed by atoms with E-state index < -0.39 is 0 Å². The molecule has 0 radical (unpaired) electrons. The molecule has 0 bridgehead atoms. The van der Waals surface area contributed by atoms with Crippen LogP contribution >= 0.6 is 0 Å². The summed E-state index contributed by atoms with van der Waals surface area (Å²) in [5.41, 5.74) is 1.20. The number of aromatic nitrogens is 2. The van der Waals surface area contributed by atoms with Crippen LogP contribution in [0.4, 0.5) is 0 Å². The Kier molecular flexibility index (Phi) is 3.88. The van der Waals surface area contributed by atoms with E-state index in [1.54, 1.807) is 20.0 Å². The van der Waals surface area contributed by atoms with Gasteiger partial charge in [0, 0.05) is 11.5 Å². The van der Waals surface area contributed by atoms with Gasteiger partial charge in [0.25, 0.3) is 0 Å². The largest absolute Gasteiger partial charge is 0.453 e. The van der Waals surface area contributed by atoms with Gasteiger partial charge in [-0.1, -0.05) is 20.4 Å². The zero-order chi connectivity index (χ0) is 12.3. The van der Waals surface area contributed by atoms with Crippen molar-refractivity contribution in [2.45, 2.75) is 39.7 Å². The van der Waals surface area contributed by atoms with Gasteiger partial charge in [0.15, 0.2) is 0 Å². The van der Waals surface area contributed by atoms with Gasteiger partial charge in [-0.15, -0.1) is 0 Å². The van der Waals surface area contributed by atoms with Crippen molar-refractivity contribution in [1.29, 1.82) is 0 Å².